The lowest BCUT2D eigenvalue weighted by Gasteiger charge is -2.08. The van der Waals surface area contributed by atoms with Crippen LogP contribution in [-0.2, 0) is 6.54 Å². The summed E-state index contributed by atoms with van der Waals surface area (Å²) >= 11 is 3.47. The van der Waals surface area contributed by atoms with Crippen LogP contribution in [0.5, 0.6) is 0 Å². The molecule has 4 heteroatoms. The summed E-state index contributed by atoms with van der Waals surface area (Å²) in [6.07, 6.45) is 1.63. The fourth-order valence-electron chi connectivity index (χ4n) is 1.63. The smallest absolute Gasteiger partial charge is 0.145 e. The predicted molar refractivity (Wildman–Crippen MR) is 75.2 cm³/mol. The normalized spacial score (nSPS) is 9.83. The second-order valence-electron chi connectivity index (χ2n) is 3.94. The summed E-state index contributed by atoms with van der Waals surface area (Å²) in [4.78, 5) is 4.03. The van der Waals surface area contributed by atoms with E-state index in [0.29, 0.717) is 12.2 Å². The highest BCUT2D eigenvalue weighted by atomic mass is 79.9. The molecule has 0 amide bonds. The van der Waals surface area contributed by atoms with Crippen molar-refractivity contribution in [2.45, 2.75) is 13.5 Å². The summed E-state index contributed by atoms with van der Waals surface area (Å²) in [6, 6.07) is 11.9. The number of benzene rings is 1. The van der Waals surface area contributed by atoms with Gasteiger partial charge in [0.25, 0.3) is 0 Å². The highest BCUT2D eigenvalue weighted by molar-refractivity contribution is 9.10. The number of hydrogen-bond acceptors (Lipinski definition) is 3. The van der Waals surface area contributed by atoms with E-state index in [2.05, 4.69) is 38.4 Å². The van der Waals surface area contributed by atoms with Crippen molar-refractivity contribution in [1.29, 1.82) is 5.26 Å². The third-order valence-electron chi connectivity index (χ3n) is 2.64. The summed E-state index contributed by atoms with van der Waals surface area (Å²) < 4.78 is 1.09. The van der Waals surface area contributed by atoms with Gasteiger partial charge in [-0.15, -0.1) is 0 Å². The molecule has 0 aliphatic heterocycles. The van der Waals surface area contributed by atoms with Gasteiger partial charge < -0.3 is 5.32 Å². The van der Waals surface area contributed by atoms with Crippen LogP contribution in [0.25, 0.3) is 0 Å². The molecule has 1 aromatic carbocycles. The maximum Gasteiger partial charge on any atom is 0.145 e. The Kier molecular flexibility index (Phi) is 3.96. The van der Waals surface area contributed by atoms with Crippen molar-refractivity contribution < 1.29 is 0 Å². The molecule has 1 N–H and O–H groups in total. The van der Waals surface area contributed by atoms with E-state index in [-0.39, 0.29) is 0 Å². The Bertz CT molecular complexity index is 602. The van der Waals surface area contributed by atoms with Crippen molar-refractivity contribution in [3.63, 3.8) is 0 Å². The van der Waals surface area contributed by atoms with Gasteiger partial charge in [-0.1, -0.05) is 22.0 Å². The van der Waals surface area contributed by atoms with Gasteiger partial charge in [-0.2, -0.15) is 5.26 Å². The molecule has 18 heavy (non-hydrogen) atoms. The standard InChI is InChI=1S/C14H12BrN3/c1-10-7-12(4-5-13(10)15)18-9-11-3-2-6-17-14(11)8-16/h2-7,18H,9H2,1H3. The average molecular weight is 302 g/mol. The number of nitrogens with one attached hydrogen (secondary N) is 1. The molecular formula is C14H12BrN3. The molecule has 90 valence electrons. The number of rotatable bonds is 3. The van der Waals surface area contributed by atoms with Gasteiger partial charge in [0.15, 0.2) is 0 Å². The zero-order valence-electron chi connectivity index (χ0n) is 9.94. The first-order valence-electron chi connectivity index (χ1n) is 5.54. The molecule has 3 nitrogen and oxygen atoms in total. The van der Waals surface area contributed by atoms with Gasteiger partial charge in [0.05, 0.1) is 0 Å². The van der Waals surface area contributed by atoms with Crippen molar-refractivity contribution in [3.8, 4) is 6.07 Å². The van der Waals surface area contributed by atoms with E-state index >= 15 is 0 Å². The van der Waals surface area contributed by atoms with Gasteiger partial charge in [-0.3, -0.25) is 0 Å². The van der Waals surface area contributed by atoms with Crippen molar-refractivity contribution >= 4 is 21.6 Å². The monoisotopic (exact) mass is 301 g/mol. The van der Waals surface area contributed by atoms with Gasteiger partial charge >= 0.3 is 0 Å². The Hall–Kier alpha value is -1.86. The van der Waals surface area contributed by atoms with Crippen LogP contribution >= 0.6 is 15.9 Å². The first kappa shape index (κ1) is 12.6. The number of aryl methyl sites for hydroxylation is 1. The largest absolute Gasteiger partial charge is 0.381 e. The van der Waals surface area contributed by atoms with Crippen LogP contribution in [0.15, 0.2) is 41.0 Å². The molecule has 2 aromatic rings. The van der Waals surface area contributed by atoms with Crippen molar-refractivity contribution in [2.75, 3.05) is 5.32 Å². The Labute approximate surface area is 115 Å². The Balaban J connectivity index is 2.12. The van der Waals surface area contributed by atoms with Crippen LogP contribution in [0.2, 0.25) is 0 Å². The third-order valence-corrected chi connectivity index (χ3v) is 3.53. The van der Waals surface area contributed by atoms with Crippen LogP contribution in [0.4, 0.5) is 5.69 Å². The Morgan fingerprint density at radius 3 is 2.94 bits per heavy atom. The second kappa shape index (κ2) is 5.65. The van der Waals surface area contributed by atoms with Crippen molar-refractivity contribution in [1.82, 2.24) is 4.98 Å². The zero-order valence-corrected chi connectivity index (χ0v) is 11.5. The molecule has 1 aromatic heterocycles. The molecular weight excluding hydrogens is 290 g/mol. The van der Waals surface area contributed by atoms with Crippen LogP contribution in [-0.4, -0.2) is 4.98 Å². The number of pyridine rings is 1. The maximum atomic E-state index is 8.95. The van der Waals surface area contributed by atoms with Gasteiger partial charge in [0, 0.05) is 28.5 Å². The minimum atomic E-state index is 0.471. The van der Waals surface area contributed by atoms with Crippen LogP contribution < -0.4 is 5.32 Å². The maximum absolute atomic E-state index is 8.95. The lowest BCUT2D eigenvalue weighted by Crippen LogP contribution is -2.02. The molecule has 0 atom stereocenters. The summed E-state index contributed by atoms with van der Waals surface area (Å²) in [7, 11) is 0. The molecule has 2 rings (SSSR count). The summed E-state index contributed by atoms with van der Waals surface area (Å²) in [5, 5.41) is 12.2. The number of halogens is 1. The third kappa shape index (κ3) is 2.88. The van der Waals surface area contributed by atoms with Gasteiger partial charge in [-0.05, 0) is 36.8 Å². The van der Waals surface area contributed by atoms with Crippen molar-refractivity contribution in [2.24, 2.45) is 0 Å². The average Bonchev–Trinajstić information content (AvgIpc) is 2.40. The highest BCUT2D eigenvalue weighted by Crippen LogP contribution is 2.20. The zero-order chi connectivity index (χ0) is 13.0. The second-order valence-corrected chi connectivity index (χ2v) is 4.79. The van der Waals surface area contributed by atoms with Crippen LogP contribution in [0.1, 0.15) is 16.8 Å². The molecule has 0 aliphatic rings. The minimum absolute atomic E-state index is 0.471. The predicted octanol–water partition coefficient (Wildman–Crippen LogP) is 3.64. The number of nitrogens with zero attached hydrogens (tertiary/aromatic N) is 2. The molecule has 0 bridgehead atoms. The fraction of sp³-hybridized carbons (Fsp3) is 0.143. The molecule has 1 heterocycles. The molecule has 0 saturated carbocycles. The van der Waals surface area contributed by atoms with E-state index < -0.39 is 0 Å². The summed E-state index contributed by atoms with van der Waals surface area (Å²) in [5.74, 6) is 0. The molecule has 0 unspecified atom stereocenters. The van der Waals surface area contributed by atoms with Crippen molar-refractivity contribution in [3.05, 3.63) is 57.8 Å². The molecule has 0 aliphatic carbocycles. The molecule has 0 fully saturated rings. The quantitative estimate of drug-likeness (QED) is 0.941. The van der Waals surface area contributed by atoms with Gasteiger partial charge in [0.1, 0.15) is 11.8 Å². The van der Waals surface area contributed by atoms with E-state index in [1.807, 2.05) is 31.2 Å². The summed E-state index contributed by atoms with van der Waals surface area (Å²) in [5.41, 5.74) is 3.58. The van der Waals surface area contributed by atoms with E-state index in [0.717, 1.165) is 15.7 Å². The number of nitriles is 1. The summed E-state index contributed by atoms with van der Waals surface area (Å²) in [6.45, 7) is 2.64. The lowest BCUT2D eigenvalue weighted by atomic mass is 10.2. The van der Waals surface area contributed by atoms with E-state index in [4.69, 9.17) is 5.26 Å². The highest BCUT2D eigenvalue weighted by Gasteiger charge is 2.02. The molecule has 0 saturated heterocycles. The molecule has 0 spiro atoms. The van der Waals surface area contributed by atoms with E-state index in [9.17, 15) is 0 Å². The topological polar surface area (TPSA) is 48.7 Å². The Morgan fingerprint density at radius 2 is 2.22 bits per heavy atom. The SMILES string of the molecule is Cc1cc(NCc2cccnc2C#N)ccc1Br. The van der Waals surface area contributed by atoms with Crippen LogP contribution in [0.3, 0.4) is 0 Å². The first-order valence-corrected chi connectivity index (χ1v) is 6.34. The first-order chi connectivity index (χ1) is 8.70. The number of aromatic nitrogens is 1. The minimum Gasteiger partial charge on any atom is -0.381 e. The van der Waals surface area contributed by atoms with E-state index in [1.54, 1.807) is 6.20 Å². The van der Waals surface area contributed by atoms with Gasteiger partial charge in [0.2, 0.25) is 0 Å². The number of hydrogen-bond donors (Lipinski definition) is 1. The van der Waals surface area contributed by atoms with Crippen LogP contribution in [0, 0.1) is 18.3 Å². The van der Waals surface area contributed by atoms with E-state index in [1.165, 1.54) is 5.56 Å². The Morgan fingerprint density at radius 1 is 1.39 bits per heavy atom. The van der Waals surface area contributed by atoms with Gasteiger partial charge in [-0.25, -0.2) is 4.98 Å². The fourth-order valence-corrected chi connectivity index (χ4v) is 1.88. The molecule has 0 radical (unpaired) electrons. The number of anilines is 1. The lowest BCUT2D eigenvalue weighted by molar-refractivity contribution is 1.09.